The van der Waals surface area contributed by atoms with E-state index in [1.165, 1.54) is 57.8 Å². The topological polar surface area (TPSA) is 116 Å². The van der Waals surface area contributed by atoms with Gasteiger partial charge in [-0.1, -0.05) is 58.3 Å². The van der Waals surface area contributed by atoms with E-state index in [2.05, 4.69) is 52.8 Å². The maximum absolute atomic E-state index is 11.3. The van der Waals surface area contributed by atoms with Crippen molar-refractivity contribution >= 4 is 25.2 Å². The molecule has 0 aliphatic rings. The van der Waals surface area contributed by atoms with Crippen LogP contribution in [0.4, 0.5) is 0 Å². The van der Waals surface area contributed by atoms with Crippen LogP contribution in [0, 0.1) is 0 Å². The van der Waals surface area contributed by atoms with E-state index in [9.17, 15) is 10.2 Å². The highest BCUT2D eigenvalue weighted by atomic mass is 28.5. The van der Waals surface area contributed by atoms with Crippen LogP contribution < -0.4 is 0 Å². The molecular weight excluding hydrogens is 663 g/mol. The first-order valence-corrected chi connectivity index (χ1v) is 28.5. The van der Waals surface area contributed by atoms with Gasteiger partial charge in [-0.3, -0.25) is 0 Å². The highest BCUT2D eigenvalue weighted by molar-refractivity contribution is 6.87. The minimum Gasteiger partial charge on any atom is -0.437 e. The number of nitrogens with zero attached hydrogens (tertiary/aromatic N) is 1. The lowest BCUT2D eigenvalue weighted by molar-refractivity contribution is -0.931. The molecule has 2 atom stereocenters. The van der Waals surface area contributed by atoms with E-state index in [0.29, 0.717) is 57.3 Å². The van der Waals surface area contributed by atoms with Crippen LogP contribution in [0.25, 0.3) is 0 Å². The highest BCUT2D eigenvalue weighted by Crippen LogP contribution is 2.25. The number of rotatable bonds is 36. The number of ether oxygens (including phenoxy) is 4. The van der Waals surface area contributed by atoms with Crippen LogP contribution in [0.3, 0.4) is 0 Å². The summed E-state index contributed by atoms with van der Waals surface area (Å²) in [7, 11) is -5.81. The zero-order chi connectivity index (χ0) is 36.2. The van der Waals surface area contributed by atoms with Gasteiger partial charge >= 0.3 is 8.56 Å². The summed E-state index contributed by atoms with van der Waals surface area (Å²) in [6.45, 7) is 24.3. The minimum absolute atomic E-state index is 0.000274. The maximum Gasteiger partial charge on any atom is 0.314 e. The zero-order valence-electron chi connectivity index (χ0n) is 32.7. The summed E-state index contributed by atoms with van der Waals surface area (Å²) >= 11 is 0. The molecule has 13 heteroatoms. The van der Waals surface area contributed by atoms with Crippen molar-refractivity contribution in [2.45, 2.75) is 136 Å². The van der Waals surface area contributed by atoms with Crippen molar-refractivity contribution in [3.05, 3.63) is 0 Å². The molecular formula is C35H80NO9Si3+. The van der Waals surface area contributed by atoms with Gasteiger partial charge in [-0.15, -0.1) is 0 Å². The Balaban J connectivity index is 5.20. The minimum atomic E-state index is -2.31. The molecule has 0 aliphatic heterocycles. The quantitative estimate of drug-likeness (QED) is 0.0387. The first-order chi connectivity index (χ1) is 22.7. The van der Waals surface area contributed by atoms with E-state index < -0.39 is 31.3 Å². The molecule has 290 valence electrons. The molecule has 0 fully saturated rings. The fourth-order valence-electron chi connectivity index (χ4n) is 6.25. The largest absolute Gasteiger partial charge is 0.437 e. The van der Waals surface area contributed by atoms with Crippen LogP contribution in [0.5, 0.6) is 0 Å². The molecule has 10 nitrogen and oxygen atoms in total. The van der Waals surface area contributed by atoms with Gasteiger partial charge in [0.25, 0.3) is 0 Å². The summed E-state index contributed by atoms with van der Waals surface area (Å²) in [5.41, 5.74) is 0. The molecule has 0 amide bonds. The molecule has 0 spiro atoms. The average Bonchev–Trinajstić information content (AvgIpc) is 2.97. The lowest BCUT2D eigenvalue weighted by Crippen LogP contribution is -2.57. The summed E-state index contributed by atoms with van der Waals surface area (Å²) in [4.78, 5) is 0. The van der Waals surface area contributed by atoms with Gasteiger partial charge in [0.2, 0.25) is 0 Å². The van der Waals surface area contributed by atoms with Crippen LogP contribution in [-0.4, -0.2) is 143 Å². The van der Waals surface area contributed by atoms with Gasteiger partial charge in [0.15, 0.2) is 16.6 Å². The van der Waals surface area contributed by atoms with E-state index in [1.54, 1.807) is 0 Å². The van der Waals surface area contributed by atoms with Crippen molar-refractivity contribution < 1.29 is 47.0 Å². The van der Waals surface area contributed by atoms with E-state index in [-0.39, 0.29) is 19.8 Å². The van der Waals surface area contributed by atoms with Crippen molar-refractivity contribution in [2.24, 2.45) is 0 Å². The van der Waals surface area contributed by atoms with Gasteiger partial charge in [-0.05, 0) is 71.1 Å². The first-order valence-electron chi connectivity index (χ1n) is 19.2. The van der Waals surface area contributed by atoms with Gasteiger partial charge in [0.05, 0.1) is 66.0 Å². The molecule has 0 bridgehead atoms. The van der Waals surface area contributed by atoms with Gasteiger partial charge < -0.3 is 47.0 Å². The smallest absolute Gasteiger partial charge is 0.314 e. The maximum atomic E-state index is 11.3. The number of unbranched alkanes of at least 4 members (excludes halogenated alkanes) is 9. The van der Waals surface area contributed by atoms with E-state index in [1.807, 2.05) is 0 Å². The number of hydrogen-bond acceptors (Lipinski definition) is 9. The van der Waals surface area contributed by atoms with Crippen LogP contribution in [0.2, 0.25) is 51.9 Å². The Morgan fingerprint density at radius 1 is 0.521 bits per heavy atom. The van der Waals surface area contributed by atoms with Crippen molar-refractivity contribution in [1.29, 1.82) is 0 Å². The van der Waals surface area contributed by atoms with Crippen LogP contribution in [0.1, 0.15) is 77.6 Å². The Labute approximate surface area is 299 Å². The van der Waals surface area contributed by atoms with Crippen LogP contribution in [-0.2, 0) is 27.2 Å². The predicted molar refractivity (Wildman–Crippen MR) is 205 cm³/mol. The molecule has 0 aromatic heterocycles. The first kappa shape index (κ1) is 48.3. The summed E-state index contributed by atoms with van der Waals surface area (Å²) in [5.74, 6) is 0. The molecule has 0 aromatic rings. The molecule has 48 heavy (non-hydrogen) atoms. The number of hydrogen-bond donors (Lipinski definition) is 3. The molecule has 2 unspecified atom stereocenters. The van der Waals surface area contributed by atoms with E-state index in [4.69, 9.17) is 32.3 Å². The number of aliphatic hydroxyl groups excluding tert-OH is 3. The van der Waals surface area contributed by atoms with Gasteiger partial charge in [-0.25, -0.2) is 0 Å². The van der Waals surface area contributed by atoms with Crippen LogP contribution >= 0.6 is 0 Å². The van der Waals surface area contributed by atoms with Gasteiger partial charge in [-0.2, -0.15) is 0 Å². The third-order valence-corrected chi connectivity index (χ3v) is 17.7. The third kappa shape index (κ3) is 29.9. The molecule has 0 aromatic carbocycles. The van der Waals surface area contributed by atoms with Crippen LogP contribution in [0.15, 0.2) is 0 Å². The Morgan fingerprint density at radius 2 is 0.979 bits per heavy atom. The Bertz CT molecular complexity index is 712. The fraction of sp³-hybridized carbons (Fsp3) is 1.00. The molecule has 0 heterocycles. The van der Waals surface area contributed by atoms with E-state index >= 15 is 0 Å². The lowest BCUT2D eigenvalue weighted by Gasteiger charge is -2.40. The van der Waals surface area contributed by atoms with Crippen molar-refractivity contribution in [3.8, 4) is 0 Å². The SMILES string of the molecule is CCCCCCCCCCCC[N+](CCOCCO)(CCOCCOCCO)CC(O)COCCC[Si](C)(O[Si](C)(C)C)O[Si](C)(C)C. The van der Waals surface area contributed by atoms with Crippen molar-refractivity contribution in [1.82, 2.24) is 0 Å². The normalized spacial score (nSPS) is 14.8. The Kier molecular flexibility index (Phi) is 28.9. The second kappa shape index (κ2) is 28.8. The standard InChI is InChI=1S/C35H80NO9Si3/c1-9-10-11-12-13-14-15-16-17-18-20-36(21-26-40-28-23-37,22-27-41-30-31-42-29-24-38)33-35(39)34-43-25-19-32-48(8,44-46(2,3)4)45-47(5,6)7/h35,37-39H,9-34H2,1-8H3/q+1. The number of quaternary nitrogens is 1. The third-order valence-electron chi connectivity index (χ3n) is 8.12. The number of aliphatic hydroxyl groups is 3. The summed E-state index contributed by atoms with van der Waals surface area (Å²) in [6.07, 6.45) is 13.0. The highest BCUT2D eigenvalue weighted by Gasteiger charge is 2.39. The van der Waals surface area contributed by atoms with Crippen molar-refractivity contribution in [3.63, 3.8) is 0 Å². The molecule has 0 radical (unpaired) electrons. The second-order valence-corrected chi connectivity index (χ2v) is 28.4. The predicted octanol–water partition coefficient (Wildman–Crippen LogP) is 6.30. The van der Waals surface area contributed by atoms with Gasteiger partial charge in [0, 0.05) is 6.61 Å². The second-order valence-electron chi connectivity index (χ2n) is 15.6. The van der Waals surface area contributed by atoms with Crippen molar-refractivity contribution in [2.75, 3.05) is 92.2 Å². The molecule has 0 aliphatic carbocycles. The molecule has 0 saturated heterocycles. The lowest BCUT2D eigenvalue weighted by atomic mass is 10.1. The average molecular weight is 743 g/mol. The monoisotopic (exact) mass is 743 g/mol. The zero-order valence-corrected chi connectivity index (χ0v) is 35.7. The Hall–Kier alpha value is 0.251. The summed E-state index contributed by atoms with van der Waals surface area (Å²) < 4.78 is 37.0. The fourth-order valence-corrected chi connectivity index (χ4v) is 18.8. The summed E-state index contributed by atoms with van der Waals surface area (Å²) in [5, 5.41) is 29.5. The van der Waals surface area contributed by atoms with Gasteiger partial charge in [0.1, 0.15) is 25.7 Å². The summed E-state index contributed by atoms with van der Waals surface area (Å²) in [6, 6.07) is 0.887. The molecule has 3 N–H and O–H groups in total. The van der Waals surface area contributed by atoms with E-state index in [0.717, 1.165) is 38.5 Å². The molecule has 0 rings (SSSR count). The Morgan fingerprint density at radius 3 is 1.46 bits per heavy atom. The molecule has 0 saturated carbocycles.